The summed E-state index contributed by atoms with van der Waals surface area (Å²) in [4.78, 5) is 42.8. The lowest BCUT2D eigenvalue weighted by molar-refractivity contribution is -0.133. The van der Waals surface area contributed by atoms with Gasteiger partial charge in [-0.05, 0) is 67.8 Å². The highest BCUT2D eigenvalue weighted by Gasteiger charge is 2.44. The van der Waals surface area contributed by atoms with Gasteiger partial charge in [-0.1, -0.05) is 29.8 Å². The lowest BCUT2D eigenvalue weighted by Gasteiger charge is -2.39. The van der Waals surface area contributed by atoms with Gasteiger partial charge in [0.25, 0.3) is 0 Å². The molecule has 2 aromatic carbocycles. The van der Waals surface area contributed by atoms with E-state index in [4.69, 9.17) is 11.6 Å². The molecule has 1 N–H and O–H groups in total. The Morgan fingerprint density at radius 2 is 1.87 bits per heavy atom. The van der Waals surface area contributed by atoms with E-state index in [0.29, 0.717) is 37.6 Å². The summed E-state index contributed by atoms with van der Waals surface area (Å²) in [6, 6.07) is 11.4. The first-order valence-corrected chi connectivity index (χ1v) is 13.2. The molecule has 2 unspecified atom stereocenters. The van der Waals surface area contributed by atoms with E-state index in [1.807, 2.05) is 42.7 Å². The molecule has 2 fully saturated rings. The van der Waals surface area contributed by atoms with Crippen LogP contribution >= 0.6 is 11.6 Å². The molecule has 0 saturated carbocycles. The Balaban J connectivity index is 1.42. The third kappa shape index (κ3) is 6.56. The minimum absolute atomic E-state index is 0.0269. The van der Waals surface area contributed by atoms with Gasteiger partial charge in [0.2, 0.25) is 11.7 Å². The van der Waals surface area contributed by atoms with E-state index >= 15 is 0 Å². The van der Waals surface area contributed by atoms with E-state index in [0.717, 1.165) is 29.8 Å². The van der Waals surface area contributed by atoms with E-state index in [1.54, 1.807) is 30.4 Å². The molecule has 9 heteroatoms. The molecule has 2 aliphatic rings. The van der Waals surface area contributed by atoms with Gasteiger partial charge in [-0.15, -0.1) is 0 Å². The van der Waals surface area contributed by atoms with E-state index in [-0.39, 0.29) is 17.8 Å². The minimum Gasteiger partial charge on any atom is -0.334 e. The Kier molecular flexibility index (Phi) is 8.78. The predicted octanol–water partition coefficient (Wildman–Crippen LogP) is 3.50. The summed E-state index contributed by atoms with van der Waals surface area (Å²) in [5, 5.41) is 3.85. The second-order valence-corrected chi connectivity index (χ2v) is 11.1. The Bertz CT molecular complexity index is 1220. The number of Topliss-reactive ketones (excluding diaryl/α,β-unsaturated/α-hetero) is 1. The number of piperazine rings is 1. The molecule has 38 heavy (non-hydrogen) atoms. The van der Waals surface area contributed by atoms with Crippen molar-refractivity contribution in [3.05, 3.63) is 76.1 Å². The molecule has 4 rings (SSSR count). The molecule has 2 atom stereocenters. The van der Waals surface area contributed by atoms with Gasteiger partial charge in [-0.25, -0.2) is 4.39 Å². The fourth-order valence-corrected chi connectivity index (χ4v) is 5.59. The average Bonchev–Trinajstić information content (AvgIpc) is 3.18. The molecule has 1 amide bonds. The van der Waals surface area contributed by atoms with Crippen LogP contribution in [0.1, 0.15) is 37.5 Å². The molecular weight excluding hydrogens is 507 g/mol. The maximum absolute atomic E-state index is 13.2. The quantitative estimate of drug-likeness (QED) is 0.314. The second-order valence-electron chi connectivity index (χ2n) is 10.6. The number of ketones is 1. The lowest BCUT2D eigenvalue weighted by atomic mass is 9.92. The van der Waals surface area contributed by atoms with Gasteiger partial charge in [-0.3, -0.25) is 29.5 Å². The summed E-state index contributed by atoms with van der Waals surface area (Å²) in [7, 11) is 0. The van der Waals surface area contributed by atoms with Crippen molar-refractivity contribution in [2.24, 2.45) is 0 Å². The van der Waals surface area contributed by atoms with Crippen LogP contribution in [-0.4, -0.2) is 76.6 Å². The molecule has 7 nitrogen and oxygen atoms in total. The van der Waals surface area contributed by atoms with Crippen molar-refractivity contribution < 1.29 is 18.8 Å². The monoisotopic (exact) mass is 540 g/mol. The molecule has 0 aromatic heterocycles. The number of halogens is 2. The first kappa shape index (κ1) is 28.1. The van der Waals surface area contributed by atoms with E-state index in [1.165, 1.54) is 12.1 Å². The molecule has 0 bridgehead atoms. The normalized spacial score (nSPS) is 22.2. The number of benzene rings is 2. The molecule has 0 aliphatic carbocycles. The predicted molar refractivity (Wildman–Crippen MR) is 146 cm³/mol. The first-order valence-electron chi connectivity index (χ1n) is 12.8. The van der Waals surface area contributed by atoms with Crippen LogP contribution in [0.15, 0.2) is 48.5 Å². The van der Waals surface area contributed by atoms with Gasteiger partial charge in [0.15, 0.2) is 6.29 Å². The van der Waals surface area contributed by atoms with Crippen molar-refractivity contribution in [3.8, 4) is 0 Å². The number of nitrogens with zero attached hydrogens (tertiary/aromatic N) is 3. The summed E-state index contributed by atoms with van der Waals surface area (Å²) in [6.07, 6.45) is 3.75. The molecule has 2 saturated heterocycles. The highest BCUT2D eigenvalue weighted by molar-refractivity contribution is 6.30. The Morgan fingerprint density at radius 3 is 2.55 bits per heavy atom. The van der Waals surface area contributed by atoms with Crippen LogP contribution < -0.4 is 5.32 Å². The number of aldehydes is 1. The van der Waals surface area contributed by atoms with E-state index in [9.17, 15) is 18.8 Å². The molecule has 2 heterocycles. The lowest BCUT2D eigenvalue weighted by Crippen LogP contribution is -2.53. The summed E-state index contributed by atoms with van der Waals surface area (Å²) in [5.74, 6) is -0.789. The van der Waals surface area contributed by atoms with Crippen LogP contribution in [0, 0.1) is 5.82 Å². The minimum atomic E-state index is -0.593. The van der Waals surface area contributed by atoms with Crippen LogP contribution in [0.2, 0.25) is 5.02 Å². The third-order valence-corrected chi connectivity index (χ3v) is 7.61. The summed E-state index contributed by atoms with van der Waals surface area (Å²) in [5.41, 5.74) is 2.19. The maximum Gasteiger partial charge on any atom is 0.246 e. The largest absolute Gasteiger partial charge is 0.334 e. The van der Waals surface area contributed by atoms with Crippen molar-refractivity contribution in [2.45, 2.75) is 51.5 Å². The van der Waals surface area contributed by atoms with Crippen molar-refractivity contribution in [1.82, 2.24) is 20.0 Å². The van der Waals surface area contributed by atoms with Crippen LogP contribution in [0.5, 0.6) is 0 Å². The van der Waals surface area contributed by atoms with Gasteiger partial charge in [0.05, 0.1) is 6.04 Å². The van der Waals surface area contributed by atoms with Crippen LogP contribution in [0.3, 0.4) is 0 Å². The first-order chi connectivity index (χ1) is 18.1. The highest BCUT2D eigenvalue weighted by Crippen LogP contribution is 2.27. The summed E-state index contributed by atoms with van der Waals surface area (Å²) >= 11 is 6.29. The second kappa shape index (κ2) is 11.9. The van der Waals surface area contributed by atoms with Crippen molar-refractivity contribution in [1.29, 1.82) is 0 Å². The zero-order valence-electron chi connectivity index (χ0n) is 22.0. The number of nitrogens with one attached hydrogen (secondary N) is 1. The Morgan fingerprint density at radius 1 is 1.13 bits per heavy atom. The summed E-state index contributed by atoms with van der Waals surface area (Å²) < 4.78 is 13.2. The maximum atomic E-state index is 13.2. The number of hydrogen-bond donors (Lipinski definition) is 1. The number of carbonyl (C=O) groups excluding carboxylic acids is 3. The number of amides is 1. The van der Waals surface area contributed by atoms with Gasteiger partial charge in [-0.2, -0.15) is 0 Å². The molecule has 0 spiro atoms. The topological polar surface area (TPSA) is 73.0 Å². The zero-order valence-corrected chi connectivity index (χ0v) is 22.7. The van der Waals surface area contributed by atoms with Crippen LogP contribution in [0.4, 0.5) is 4.39 Å². The summed E-state index contributed by atoms with van der Waals surface area (Å²) in [6.45, 7) is 9.45. The zero-order chi connectivity index (χ0) is 27.4. The van der Waals surface area contributed by atoms with Gasteiger partial charge in [0, 0.05) is 62.1 Å². The molecule has 0 radical (unpaired) electrons. The van der Waals surface area contributed by atoms with Gasteiger partial charge in [0.1, 0.15) is 5.82 Å². The van der Waals surface area contributed by atoms with E-state index < -0.39 is 17.4 Å². The number of rotatable bonds is 8. The molecular formula is C29H34ClFN4O3. The fraction of sp³-hybridized carbons (Fsp3) is 0.414. The SMILES string of the molecule is CC1CN(Cc2ccc(F)cc2)CCN1C(=O)/C=C/c1ccc(Cl)cc1CN1CNC(C)(C)C1C(=O)C=O. The Hall–Kier alpha value is -2.91. The van der Waals surface area contributed by atoms with Crippen molar-refractivity contribution in [3.63, 3.8) is 0 Å². The highest BCUT2D eigenvalue weighted by atomic mass is 35.5. The van der Waals surface area contributed by atoms with Gasteiger partial charge < -0.3 is 4.90 Å². The number of hydrogen-bond acceptors (Lipinski definition) is 6. The van der Waals surface area contributed by atoms with E-state index in [2.05, 4.69) is 10.2 Å². The van der Waals surface area contributed by atoms with Crippen LogP contribution in [0.25, 0.3) is 6.08 Å². The van der Waals surface area contributed by atoms with Gasteiger partial charge >= 0.3 is 0 Å². The van der Waals surface area contributed by atoms with Crippen molar-refractivity contribution >= 4 is 35.7 Å². The molecule has 2 aromatic rings. The molecule has 202 valence electrons. The average molecular weight is 541 g/mol. The Labute approximate surface area is 228 Å². The molecule has 2 aliphatic heterocycles. The van der Waals surface area contributed by atoms with Crippen molar-refractivity contribution in [2.75, 3.05) is 26.3 Å². The smallest absolute Gasteiger partial charge is 0.246 e. The standard InChI is InChI=1S/C29H34ClFN4O3/c1-20-15-33(16-21-4-9-25(31)10-5-21)12-13-35(20)27(38)11-7-22-6-8-24(30)14-23(22)17-34-19-32-29(2,3)28(34)26(37)18-36/h4-11,14,18,20,28,32H,12-13,15-17,19H2,1-3H3/b11-7+. The third-order valence-electron chi connectivity index (χ3n) is 7.37. The number of carbonyl (C=O) groups is 3. The van der Waals surface area contributed by atoms with Crippen LogP contribution in [-0.2, 0) is 27.5 Å². The fourth-order valence-electron chi connectivity index (χ4n) is 5.40.